The molecule has 1 aromatic heterocycles. The molecule has 1 atom stereocenters. The van der Waals surface area contributed by atoms with E-state index in [1.165, 1.54) is 10.8 Å². The zero-order valence-electron chi connectivity index (χ0n) is 14.3. The molecule has 0 spiro atoms. The van der Waals surface area contributed by atoms with Gasteiger partial charge in [0.25, 0.3) is 0 Å². The van der Waals surface area contributed by atoms with E-state index in [0.29, 0.717) is 18.4 Å². The van der Waals surface area contributed by atoms with E-state index in [-0.39, 0.29) is 0 Å². The maximum atomic E-state index is 10.7. The molecule has 2 N–H and O–H groups in total. The number of fused-ring (bicyclic) bond motifs is 1. The van der Waals surface area contributed by atoms with Gasteiger partial charge in [0.2, 0.25) is 5.95 Å². The predicted octanol–water partition coefficient (Wildman–Crippen LogP) is 3.39. The van der Waals surface area contributed by atoms with E-state index in [1.807, 2.05) is 18.2 Å². The number of hydrogen-bond acceptors (Lipinski definition) is 4. The SMILES string of the molecule is O=C(O)NCC1CCN(c2nccc(-c3ccc4ccccc4c3)n2)C1. The van der Waals surface area contributed by atoms with Gasteiger partial charge in [-0.15, -0.1) is 0 Å². The summed E-state index contributed by atoms with van der Waals surface area (Å²) >= 11 is 0. The van der Waals surface area contributed by atoms with Crippen LogP contribution in [-0.2, 0) is 0 Å². The van der Waals surface area contributed by atoms with E-state index < -0.39 is 6.09 Å². The molecule has 1 aliphatic heterocycles. The fourth-order valence-electron chi connectivity index (χ4n) is 3.42. The first-order valence-electron chi connectivity index (χ1n) is 8.73. The lowest BCUT2D eigenvalue weighted by Gasteiger charge is -2.17. The smallest absolute Gasteiger partial charge is 0.404 e. The lowest BCUT2D eigenvalue weighted by atomic mass is 10.1. The van der Waals surface area contributed by atoms with E-state index in [4.69, 9.17) is 10.1 Å². The van der Waals surface area contributed by atoms with Gasteiger partial charge in [0, 0.05) is 31.4 Å². The summed E-state index contributed by atoms with van der Waals surface area (Å²) in [4.78, 5) is 21.9. The summed E-state index contributed by atoms with van der Waals surface area (Å²) in [6.45, 7) is 2.07. The monoisotopic (exact) mass is 348 g/mol. The molecule has 1 aliphatic rings. The molecule has 1 amide bonds. The van der Waals surface area contributed by atoms with Crippen molar-refractivity contribution < 1.29 is 9.90 Å². The Kier molecular flexibility index (Phi) is 4.39. The van der Waals surface area contributed by atoms with Crippen molar-refractivity contribution >= 4 is 22.8 Å². The summed E-state index contributed by atoms with van der Waals surface area (Å²) in [5.74, 6) is 0.993. The molecular weight excluding hydrogens is 328 g/mol. The lowest BCUT2D eigenvalue weighted by molar-refractivity contribution is 0.192. The van der Waals surface area contributed by atoms with Crippen molar-refractivity contribution in [1.82, 2.24) is 15.3 Å². The number of anilines is 1. The normalized spacial score (nSPS) is 16.8. The van der Waals surface area contributed by atoms with Gasteiger partial charge in [0.1, 0.15) is 0 Å². The molecule has 26 heavy (non-hydrogen) atoms. The van der Waals surface area contributed by atoms with Crippen LogP contribution in [0.1, 0.15) is 6.42 Å². The quantitative estimate of drug-likeness (QED) is 0.756. The Morgan fingerprint density at radius 2 is 2.04 bits per heavy atom. The highest BCUT2D eigenvalue weighted by Gasteiger charge is 2.24. The van der Waals surface area contributed by atoms with Crippen LogP contribution in [0.4, 0.5) is 10.7 Å². The van der Waals surface area contributed by atoms with Gasteiger partial charge < -0.3 is 15.3 Å². The van der Waals surface area contributed by atoms with Gasteiger partial charge in [-0.1, -0.05) is 36.4 Å². The zero-order valence-corrected chi connectivity index (χ0v) is 14.3. The van der Waals surface area contributed by atoms with Crippen molar-refractivity contribution in [3.8, 4) is 11.3 Å². The van der Waals surface area contributed by atoms with E-state index in [2.05, 4.69) is 45.5 Å². The highest BCUT2D eigenvalue weighted by atomic mass is 16.4. The van der Waals surface area contributed by atoms with Gasteiger partial charge in [-0.3, -0.25) is 0 Å². The number of aromatic nitrogens is 2. The van der Waals surface area contributed by atoms with Gasteiger partial charge in [-0.2, -0.15) is 0 Å². The molecule has 4 rings (SSSR count). The molecule has 0 saturated carbocycles. The third kappa shape index (κ3) is 3.44. The minimum Gasteiger partial charge on any atom is -0.465 e. The summed E-state index contributed by atoms with van der Waals surface area (Å²) in [5.41, 5.74) is 1.96. The minimum atomic E-state index is -0.974. The minimum absolute atomic E-state index is 0.291. The van der Waals surface area contributed by atoms with Crippen LogP contribution in [0.5, 0.6) is 0 Å². The molecule has 6 nitrogen and oxygen atoms in total. The number of nitrogens with one attached hydrogen (secondary N) is 1. The van der Waals surface area contributed by atoms with Gasteiger partial charge in [0.05, 0.1) is 5.69 Å². The Hall–Kier alpha value is -3.15. The summed E-state index contributed by atoms with van der Waals surface area (Å²) in [7, 11) is 0. The van der Waals surface area contributed by atoms with Crippen LogP contribution in [0, 0.1) is 5.92 Å². The molecule has 0 radical (unpaired) electrons. The summed E-state index contributed by atoms with van der Waals surface area (Å²) < 4.78 is 0. The van der Waals surface area contributed by atoms with E-state index >= 15 is 0 Å². The summed E-state index contributed by atoms with van der Waals surface area (Å²) in [5, 5.41) is 13.6. The fraction of sp³-hybridized carbons (Fsp3) is 0.250. The van der Waals surface area contributed by atoms with Crippen molar-refractivity contribution in [3.05, 3.63) is 54.7 Å². The van der Waals surface area contributed by atoms with Crippen molar-refractivity contribution in [2.24, 2.45) is 5.92 Å². The molecule has 1 saturated heterocycles. The van der Waals surface area contributed by atoms with Crippen LogP contribution in [-0.4, -0.2) is 40.8 Å². The van der Waals surface area contributed by atoms with Gasteiger partial charge in [-0.25, -0.2) is 14.8 Å². The first-order chi connectivity index (χ1) is 12.7. The number of rotatable bonds is 4. The molecule has 2 aromatic carbocycles. The van der Waals surface area contributed by atoms with Crippen molar-refractivity contribution in [3.63, 3.8) is 0 Å². The Balaban J connectivity index is 1.54. The van der Waals surface area contributed by atoms with Crippen LogP contribution in [0.2, 0.25) is 0 Å². The second kappa shape index (κ2) is 7.00. The molecule has 6 heteroatoms. The molecular formula is C20H20N4O2. The van der Waals surface area contributed by atoms with Crippen LogP contribution >= 0.6 is 0 Å². The van der Waals surface area contributed by atoms with Crippen molar-refractivity contribution in [2.75, 3.05) is 24.5 Å². The number of amides is 1. The number of carbonyl (C=O) groups is 1. The van der Waals surface area contributed by atoms with Crippen LogP contribution in [0.3, 0.4) is 0 Å². The Labute approximate surface area is 151 Å². The number of benzene rings is 2. The molecule has 0 bridgehead atoms. The second-order valence-electron chi connectivity index (χ2n) is 6.59. The largest absolute Gasteiger partial charge is 0.465 e. The molecule has 1 fully saturated rings. The fourth-order valence-corrected chi connectivity index (χ4v) is 3.42. The van der Waals surface area contributed by atoms with Crippen LogP contribution < -0.4 is 10.2 Å². The molecule has 2 heterocycles. The first-order valence-corrected chi connectivity index (χ1v) is 8.73. The third-order valence-corrected chi connectivity index (χ3v) is 4.80. The zero-order chi connectivity index (χ0) is 17.9. The van der Waals surface area contributed by atoms with Crippen LogP contribution in [0.15, 0.2) is 54.7 Å². The molecule has 1 unspecified atom stereocenters. The molecule has 3 aromatic rings. The Morgan fingerprint density at radius 3 is 2.88 bits per heavy atom. The predicted molar refractivity (Wildman–Crippen MR) is 101 cm³/mol. The molecule has 132 valence electrons. The van der Waals surface area contributed by atoms with E-state index in [0.717, 1.165) is 30.8 Å². The maximum absolute atomic E-state index is 10.7. The van der Waals surface area contributed by atoms with Crippen LogP contribution in [0.25, 0.3) is 22.0 Å². The molecule has 0 aliphatic carbocycles. The standard InChI is InChI=1S/C20H20N4O2/c25-20(26)22-12-14-8-10-24(13-14)19-21-9-7-18(23-19)17-6-5-15-3-1-2-4-16(15)11-17/h1-7,9,11,14,22H,8,10,12-13H2,(H,25,26). The number of nitrogens with zero attached hydrogens (tertiary/aromatic N) is 3. The average Bonchev–Trinajstić information content (AvgIpc) is 3.15. The Bertz CT molecular complexity index is 944. The summed E-state index contributed by atoms with van der Waals surface area (Å²) in [6, 6.07) is 16.5. The number of carboxylic acid groups (broad SMARTS) is 1. The van der Waals surface area contributed by atoms with E-state index in [1.54, 1.807) is 6.20 Å². The van der Waals surface area contributed by atoms with Gasteiger partial charge in [-0.05, 0) is 35.2 Å². The topological polar surface area (TPSA) is 78.4 Å². The third-order valence-electron chi connectivity index (χ3n) is 4.80. The van der Waals surface area contributed by atoms with Gasteiger partial charge in [0.15, 0.2) is 0 Å². The highest BCUT2D eigenvalue weighted by molar-refractivity contribution is 5.86. The van der Waals surface area contributed by atoms with Gasteiger partial charge >= 0.3 is 6.09 Å². The first kappa shape index (κ1) is 16.3. The highest BCUT2D eigenvalue weighted by Crippen LogP contribution is 2.26. The lowest BCUT2D eigenvalue weighted by Crippen LogP contribution is -2.30. The van der Waals surface area contributed by atoms with Crippen molar-refractivity contribution in [1.29, 1.82) is 0 Å². The van der Waals surface area contributed by atoms with E-state index in [9.17, 15) is 4.79 Å². The number of hydrogen-bond donors (Lipinski definition) is 2. The Morgan fingerprint density at radius 1 is 1.19 bits per heavy atom. The second-order valence-corrected chi connectivity index (χ2v) is 6.59. The summed E-state index contributed by atoms with van der Waals surface area (Å²) in [6.07, 6.45) is 1.75. The average molecular weight is 348 g/mol. The van der Waals surface area contributed by atoms with Crippen molar-refractivity contribution in [2.45, 2.75) is 6.42 Å². The maximum Gasteiger partial charge on any atom is 0.404 e.